The van der Waals surface area contributed by atoms with Crippen LogP contribution in [0.15, 0.2) is 42.9 Å². The third-order valence-corrected chi connectivity index (χ3v) is 5.05. The summed E-state index contributed by atoms with van der Waals surface area (Å²) in [6, 6.07) is 8.47. The van der Waals surface area contributed by atoms with Crippen molar-refractivity contribution in [1.29, 1.82) is 5.26 Å². The van der Waals surface area contributed by atoms with Crippen LogP contribution < -0.4 is 4.74 Å². The molecule has 0 unspecified atom stereocenters. The second kappa shape index (κ2) is 8.34. The third-order valence-electron chi connectivity index (χ3n) is 5.05. The molecule has 168 valence electrons. The van der Waals surface area contributed by atoms with Gasteiger partial charge in [-0.25, -0.2) is 14.3 Å². The second-order valence-electron chi connectivity index (χ2n) is 7.69. The Kier molecular flexibility index (Phi) is 5.55. The lowest BCUT2D eigenvalue weighted by molar-refractivity contribution is -0.0144. The van der Waals surface area contributed by atoms with Gasteiger partial charge in [0.1, 0.15) is 28.3 Å². The number of fused-ring (bicyclic) bond motifs is 1. The molecule has 11 heteroatoms. The molecule has 0 amide bonds. The molecule has 3 aromatic heterocycles. The molecule has 0 aliphatic carbocycles. The fourth-order valence-electron chi connectivity index (χ4n) is 3.51. The first kappa shape index (κ1) is 21.9. The van der Waals surface area contributed by atoms with E-state index in [-0.39, 0.29) is 23.4 Å². The van der Waals surface area contributed by atoms with E-state index in [1.54, 1.807) is 30.5 Å². The maximum Gasteiger partial charge on any atom is 0.341 e. The number of aromatic carboxylic acids is 1. The Balaban J connectivity index is 2.03. The van der Waals surface area contributed by atoms with Crippen molar-refractivity contribution in [2.45, 2.75) is 19.1 Å². The van der Waals surface area contributed by atoms with E-state index < -0.39 is 18.2 Å². The lowest BCUT2D eigenvalue weighted by Gasteiger charge is -2.19. The summed E-state index contributed by atoms with van der Waals surface area (Å²) in [6.07, 6.45) is 4.58. The molecule has 0 radical (unpaired) electrons. The van der Waals surface area contributed by atoms with E-state index in [0.29, 0.717) is 28.1 Å². The molecule has 1 aromatic carbocycles. The van der Waals surface area contributed by atoms with Crippen LogP contribution >= 0.6 is 0 Å². The Hall–Kier alpha value is -4.27. The summed E-state index contributed by atoms with van der Waals surface area (Å²) in [5, 5.41) is 48.1. The van der Waals surface area contributed by atoms with Crippen LogP contribution in [0.4, 0.5) is 0 Å². The minimum absolute atomic E-state index is 0.0786. The van der Waals surface area contributed by atoms with Gasteiger partial charge in [0.2, 0.25) is 0 Å². The number of rotatable bonds is 7. The van der Waals surface area contributed by atoms with Crippen LogP contribution in [-0.2, 0) is 6.54 Å². The van der Waals surface area contributed by atoms with Crippen LogP contribution in [0.3, 0.4) is 0 Å². The summed E-state index contributed by atoms with van der Waals surface area (Å²) in [5.41, 5.74) is 0.0765. The van der Waals surface area contributed by atoms with Crippen molar-refractivity contribution in [3.63, 3.8) is 0 Å². The molecule has 4 aromatic rings. The van der Waals surface area contributed by atoms with Crippen molar-refractivity contribution in [2.24, 2.45) is 0 Å². The summed E-state index contributed by atoms with van der Waals surface area (Å²) in [6.45, 7) is 0.858. The van der Waals surface area contributed by atoms with Gasteiger partial charge in [-0.1, -0.05) is 0 Å². The molecule has 0 saturated carbocycles. The Morgan fingerprint density at radius 1 is 1.27 bits per heavy atom. The Labute approximate surface area is 187 Å². The van der Waals surface area contributed by atoms with E-state index >= 15 is 0 Å². The van der Waals surface area contributed by atoms with Gasteiger partial charge >= 0.3 is 5.97 Å². The molecule has 0 fully saturated rings. The molecule has 4 rings (SSSR count). The van der Waals surface area contributed by atoms with Crippen molar-refractivity contribution in [3.8, 4) is 34.3 Å². The first-order valence-electron chi connectivity index (χ1n) is 9.84. The van der Waals surface area contributed by atoms with Crippen LogP contribution in [0.25, 0.3) is 28.2 Å². The van der Waals surface area contributed by atoms with Crippen LogP contribution in [-0.4, -0.2) is 65.0 Å². The van der Waals surface area contributed by atoms with Gasteiger partial charge in [0.05, 0.1) is 31.9 Å². The first-order chi connectivity index (χ1) is 15.8. The van der Waals surface area contributed by atoms with Gasteiger partial charge in [-0.05, 0) is 31.2 Å². The number of nitriles is 1. The molecule has 0 saturated heterocycles. The molecule has 0 aliphatic rings. The molecule has 11 nitrogen and oxygen atoms in total. The molecule has 1 atom stereocenters. The predicted molar refractivity (Wildman–Crippen MR) is 116 cm³/mol. The van der Waals surface area contributed by atoms with Gasteiger partial charge in [0.15, 0.2) is 5.65 Å². The topological polar surface area (TPSA) is 159 Å². The molecular formula is C22H20N6O5. The van der Waals surface area contributed by atoms with Crippen LogP contribution in [0.2, 0.25) is 0 Å². The minimum atomic E-state index is -1.48. The van der Waals surface area contributed by atoms with Crippen molar-refractivity contribution in [3.05, 3.63) is 54.0 Å². The summed E-state index contributed by atoms with van der Waals surface area (Å²) in [4.78, 5) is 16.3. The van der Waals surface area contributed by atoms with Gasteiger partial charge in [-0.3, -0.25) is 4.68 Å². The molecule has 0 spiro atoms. The molecule has 3 heterocycles. The third kappa shape index (κ3) is 4.00. The lowest BCUT2D eigenvalue weighted by Crippen LogP contribution is -2.34. The van der Waals surface area contributed by atoms with E-state index in [1.165, 1.54) is 35.6 Å². The Morgan fingerprint density at radius 3 is 2.73 bits per heavy atom. The number of hydrogen-bond donors (Lipinski definition) is 3. The smallest absolute Gasteiger partial charge is 0.341 e. The number of methoxy groups -OCH3 is 1. The van der Waals surface area contributed by atoms with E-state index in [2.05, 4.69) is 21.3 Å². The molecule has 0 bridgehead atoms. The van der Waals surface area contributed by atoms with E-state index in [9.17, 15) is 25.4 Å². The molecule has 33 heavy (non-hydrogen) atoms. The van der Waals surface area contributed by atoms with Gasteiger partial charge in [0, 0.05) is 29.7 Å². The number of nitrogens with zero attached hydrogens (tertiary/aromatic N) is 6. The van der Waals surface area contributed by atoms with Crippen molar-refractivity contribution < 1.29 is 24.9 Å². The number of aromatic nitrogens is 5. The number of carboxylic acids is 1. The zero-order valence-electron chi connectivity index (χ0n) is 17.8. The van der Waals surface area contributed by atoms with Crippen LogP contribution in [0.5, 0.6) is 5.75 Å². The van der Waals surface area contributed by atoms with Crippen LogP contribution in [0, 0.1) is 11.3 Å². The molecule has 3 N–H and O–H groups in total. The highest BCUT2D eigenvalue weighted by atomic mass is 16.5. The number of aliphatic hydroxyl groups is 2. The fourth-order valence-corrected chi connectivity index (χ4v) is 3.51. The highest BCUT2D eigenvalue weighted by Crippen LogP contribution is 2.38. The largest absolute Gasteiger partial charge is 0.496 e. The molecular weight excluding hydrogens is 428 g/mol. The van der Waals surface area contributed by atoms with Gasteiger partial charge in [-0.15, -0.1) is 0 Å². The number of ether oxygens (including phenoxy) is 1. The van der Waals surface area contributed by atoms with Gasteiger partial charge < -0.3 is 20.1 Å². The number of carbonyl (C=O) groups is 1. The normalized spacial score (nSPS) is 12.9. The highest BCUT2D eigenvalue weighted by Gasteiger charge is 2.28. The lowest BCUT2D eigenvalue weighted by atomic mass is 10.0. The van der Waals surface area contributed by atoms with Crippen molar-refractivity contribution in [1.82, 2.24) is 24.4 Å². The van der Waals surface area contributed by atoms with Crippen LogP contribution in [0.1, 0.15) is 22.8 Å². The van der Waals surface area contributed by atoms with E-state index in [1.807, 2.05) is 0 Å². The second-order valence-corrected chi connectivity index (χ2v) is 7.69. The van der Waals surface area contributed by atoms with Gasteiger partial charge in [0.25, 0.3) is 0 Å². The fraction of sp³-hybridized carbons (Fsp3) is 0.227. The van der Waals surface area contributed by atoms with Gasteiger partial charge in [-0.2, -0.15) is 15.5 Å². The van der Waals surface area contributed by atoms with Crippen molar-refractivity contribution in [2.75, 3.05) is 13.7 Å². The predicted octanol–water partition coefficient (Wildman–Crippen LogP) is 1.58. The average Bonchev–Trinajstić information content (AvgIpc) is 3.39. The molecule has 0 aliphatic heterocycles. The standard InChI is InChI=1S/C22H20N6O5/c1-22(32,12-29)11-27-10-15(18(25-27)14-8-13(9-23)4-5-16(14)33-2)19-17(21(30)31)20-24-6-3-7-28(20)26-19/h3-8,10,29,32H,11-12H2,1-2H3,(H,30,31)/t22-/m0/s1. The quantitative estimate of drug-likeness (QED) is 0.381. The summed E-state index contributed by atoms with van der Waals surface area (Å²) < 4.78 is 8.20. The number of benzene rings is 1. The maximum absolute atomic E-state index is 12.2. The zero-order chi connectivity index (χ0) is 23.8. The van der Waals surface area contributed by atoms with Crippen molar-refractivity contribution >= 4 is 11.6 Å². The average molecular weight is 448 g/mol. The highest BCUT2D eigenvalue weighted by molar-refractivity contribution is 6.03. The summed E-state index contributed by atoms with van der Waals surface area (Å²) >= 11 is 0. The summed E-state index contributed by atoms with van der Waals surface area (Å²) in [5.74, 6) is -0.814. The Morgan fingerprint density at radius 2 is 2.06 bits per heavy atom. The first-order valence-corrected chi connectivity index (χ1v) is 9.84. The Bertz CT molecular complexity index is 1400. The van der Waals surface area contributed by atoms with E-state index in [4.69, 9.17) is 4.74 Å². The SMILES string of the molecule is COc1ccc(C#N)cc1-c1nn(C[C@](C)(O)CO)cc1-c1nn2cccnc2c1C(=O)O. The monoisotopic (exact) mass is 448 g/mol. The summed E-state index contributed by atoms with van der Waals surface area (Å²) in [7, 11) is 1.47. The number of hydrogen-bond acceptors (Lipinski definition) is 8. The zero-order valence-corrected chi connectivity index (χ0v) is 17.8. The number of carboxylic acid groups (broad SMARTS) is 1. The number of aliphatic hydroxyl groups excluding tert-OH is 1. The minimum Gasteiger partial charge on any atom is -0.496 e. The maximum atomic E-state index is 12.2. The van der Waals surface area contributed by atoms with E-state index in [0.717, 1.165) is 0 Å².